The summed E-state index contributed by atoms with van der Waals surface area (Å²) in [5, 5.41) is 9.14. The molecule has 4 nitrogen and oxygen atoms in total. The van der Waals surface area contributed by atoms with Gasteiger partial charge >= 0.3 is 5.97 Å². The second-order valence-corrected chi connectivity index (χ2v) is 4.71. The van der Waals surface area contributed by atoms with Crippen LogP contribution in [0.3, 0.4) is 0 Å². The number of benzene rings is 1. The van der Waals surface area contributed by atoms with Gasteiger partial charge in [0.05, 0.1) is 18.8 Å². The van der Waals surface area contributed by atoms with E-state index in [1.165, 1.54) is 18.2 Å². The average Bonchev–Trinajstić information content (AvgIpc) is 2.39. The quantitative estimate of drug-likeness (QED) is 0.908. The highest BCUT2D eigenvalue weighted by Gasteiger charge is 2.23. The third-order valence-electron chi connectivity index (χ3n) is 3.49. The van der Waals surface area contributed by atoms with Crippen LogP contribution in [0, 0.1) is 5.82 Å². The number of nitrogens with zero attached hydrogens (tertiary/aromatic N) is 1. The van der Waals surface area contributed by atoms with E-state index >= 15 is 0 Å². The summed E-state index contributed by atoms with van der Waals surface area (Å²) in [6, 6.07) is 4.09. The zero-order chi connectivity index (χ0) is 13.8. The summed E-state index contributed by atoms with van der Waals surface area (Å²) < 4.78 is 18.7. The van der Waals surface area contributed by atoms with Crippen LogP contribution >= 0.6 is 0 Å². The van der Waals surface area contributed by atoms with Gasteiger partial charge in [-0.3, -0.25) is 4.90 Å². The molecule has 1 aromatic carbocycles. The second kappa shape index (κ2) is 6.12. The summed E-state index contributed by atoms with van der Waals surface area (Å²) in [6.45, 7) is 4.54. The Hall–Kier alpha value is -1.46. The molecular formula is C14H18FNO3. The molecular weight excluding hydrogens is 249 g/mol. The molecule has 1 unspecified atom stereocenters. The SMILES string of the molecule is CCC1COCCN1Cc1cc(F)ccc1C(=O)O. The number of carbonyl (C=O) groups is 1. The topological polar surface area (TPSA) is 49.8 Å². The minimum absolute atomic E-state index is 0.169. The van der Waals surface area contributed by atoms with Gasteiger partial charge in [0, 0.05) is 19.1 Å². The molecule has 1 atom stereocenters. The van der Waals surface area contributed by atoms with E-state index < -0.39 is 11.8 Å². The maximum absolute atomic E-state index is 13.3. The van der Waals surface area contributed by atoms with Gasteiger partial charge in [0.25, 0.3) is 0 Å². The Balaban J connectivity index is 2.21. The maximum atomic E-state index is 13.3. The van der Waals surface area contributed by atoms with Crippen LogP contribution in [0.1, 0.15) is 29.3 Å². The predicted octanol–water partition coefficient (Wildman–Crippen LogP) is 2.13. The van der Waals surface area contributed by atoms with Crippen LogP contribution in [-0.2, 0) is 11.3 Å². The fourth-order valence-corrected chi connectivity index (χ4v) is 2.39. The molecule has 0 spiro atoms. The molecule has 0 radical (unpaired) electrons. The highest BCUT2D eigenvalue weighted by Crippen LogP contribution is 2.18. The van der Waals surface area contributed by atoms with Crippen LogP contribution in [0.2, 0.25) is 0 Å². The van der Waals surface area contributed by atoms with E-state index in [0.717, 1.165) is 13.0 Å². The van der Waals surface area contributed by atoms with Gasteiger partial charge in [-0.25, -0.2) is 9.18 Å². The van der Waals surface area contributed by atoms with E-state index in [1.807, 2.05) is 0 Å². The van der Waals surface area contributed by atoms with Gasteiger partial charge in [-0.15, -0.1) is 0 Å². The van der Waals surface area contributed by atoms with E-state index in [0.29, 0.717) is 25.3 Å². The lowest BCUT2D eigenvalue weighted by Crippen LogP contribution is -2.44. The molecule has 1 saturated heterocycles. The molecule has 19 heavy (non-hydrogen) atoms. The number of rotatable bonds is 4. The van der Waals surface area contributed by atoms with Gasteiger partial charge in [0.1, 0.15) is 5.82 Å². The van der Waals surface area contributed by atoms with Crippen LogP contribution < -0.4 is 0 Å². The molecule has 1 aromatic rings. The normalized spacial score (nSPS) is 20.4. The molecule has 1 aliphatic heterocycles. The molecule has 0 amide bonds. The number of hydrogen-bond acceptors (Lipinski definition) is 3. The number of morpholine rings is 1. The summed E-state index contributed by atoms with van der Waals surface area (Å²) in [5.41, 5.74) is 0.690. The van der Waals surface area contributed by atoms with Crippen LogP contribution in [0.15, 0.2) is 18.2 Å². The van der Waals surface area contributed by atoms with E-state index in [2.05, 4.69) is 11.8 Å². The minimum Gasteiger partial charge on any atom is -0.478 e. The van der Waals surface area contributed by atoms with E-state index in [9.17, 15) is 9.18 Å². The number of aromatic carboxylic acids is 1. The fourth-order valence-electron chi connectivity index (χ4n) is 2.39. The summed E-state index contributed by atoms with van der Waals surface area (Å²) in [7, 11) is 0. The zero-order valence-electron chi connectivity index (χ0n) is 10.9. The van der Waals surface area contributed by atoms with Crippen LogP contribution in [0.4, 0.5) is 4.39 Å². The predicted molar refractivity (Wildman–Crippen MR) is 68.7 cm³/mol. The highest BCUT2D eigenvalue weighted by atomic mass is 19.1. The standard InChI is InChI=1S/C14H18FNO3/c1-2-12-9-19-6-5-16(12)8-10-7-11(15)3-4-13(10)14(17)18/h3-4,7,12H,2,5-6,8-9H2,1H3,(H,17,18). The minimum atomic E-state index is -1.02. The van der Waals surface area contributed by atoms with Crippen molar-refractivity contribution < 1.29 is 19.0 Å². The smallest absolute Gasteiger partial charge is 0.336 e. The molecule has 1 heterocycles. The molecule has 1 aliphatic rings. The first-order chi connectivity index (χ1) is 9.11. The number of hydrogen-bond donors (Lipinski definition) is 1. The van der Waals surface area contributed by atoms with Crippen molar-refractivity contribution in [1.29, 1.82) is 0 Å². The molecule has 104 valence electrons. The van der Waals surface area contributed by atoms with Crippen molar-refractivity contribution in [2.45, 2.75) is 25.9 Å². The van der Waals surface area contributed by atoms with Gasteiger partial charge in [0.2, 0.25) is 0 Å². The lowest BCUT2D eigenvalue weighted by molar-refractivity contribution is -0.0128. The first-order valence-electron chi connectivity index (χ1n) is 6.45. The molecule has 0 saturated carbocycles. The number of carboxylic acids is 1. The lowest BCUT2D eigenvalue weighted by atomic mass is 10.0. The Bertz CT molecular complexity index is 464. The van der Waals surface area contributed by atoms with Crippen LogP contribution in [0.5, 0.6) is 0 Å². The van der Waals surface area contributed by atoms with E-state index in [1.54, 1.807) is 0 Å². The van der Waals surface area contributed by atoms with Gasteiger partial charge in [0.15, 0.2) is 0 Å². The monoisotopic (exact) mass is 267 g/mol. The third-order valence-corrected chi connectivity index (χ3v) is 3.49. The Morgan fingerprint density at radius 1 is 1.58 bits per heavy atom. The molecule has 5 heteroatoms. The van der Waals surface area contributed by atoms with E-state index in [4.69, 9.17) is 9.84 Å². The fraction of sp³-hybridized carbons (Fsp3) is 0.500. The summed E-state index contributed by atoms with van der Waals surface area (Å²) in [4.78, 5) is 13.3. The third kappa shape index (κ3) is 3.30. The summed E-state index contributed by atoms with van der Waals surface area (Å²) in [5.74, 6) is -1.42. The Morgan fingerprint density at radius 2 is 2.37 bits per heavy atom. The first kappa shape index (κ1) is 14.0. The molecule has 1 fully saturated rings. The van der Waals surface area contributed by atoms with Crippen molar-refractivity contribution in [3.63, 3.8) is 0 Å². The van der Waals surface area contributed by atoms with Crippen molar-refractivity contribution in [3.8, 4) is 0 Å². The van der Waals surface area contributed by atoms with Gasteiger partial charge in [-0.05, 0) is 30.2 Å². The summed E-state index contributed by atoms with van der Waals surface area (Å²) in [6.07, 6.45) is 0.928. The Kier molecular flexibility index (Phi) is 4.50. The number of halogens is 1. The molecule has 0 aliphatic carbocycles. The average molecular weight is 267 g/mol. The van der Waals surface area contributed by atoms with Crippen LogP contribution in [0.25, 0.3) is 0 Å². The summed E-state index contributed by atoms with van der Waals surface area (Å²) >= 11 is 0. The second-order valence-electron chi connectivity index (χ2n) is 4.71. The van der Waals surface area contributed by atoms with Gasteiger partial charge in [-0.1, -0.05) is 6.92 Å². The van der Waals surface area contributed by atoms with Crippen molar-refractivity contribution in [2.75, 3.05) is 19.8 Å². The van der Waals surface area contributed by atoms with Crippen molar-refractivity contribution in [1.82, 2.24) is 4.90 Å². The van der Waals surface area contributed by atoms with Gasteiger partial charge in [-0.2, -0.15) is 0 Å². The Labute approximate surface area is 111 Å². The maximum Gasteiger partial charge on any atom is 0.336 e. The van der Waals surface area contributed by atoms with E-state index in [-0.39, 0.29) is 11.6 Å². The highest BCUT2D eigenvalue weighted by molar-refractivity contribution is 5.89. The lowest BCUT2D eigenvalue weighted by Gasteiger charge is -2.35. The molecule has 1 N–H and O–H groups in total. The number of ether oxygens (including phenoxy) is 1. The van der Waals surface area contributed by atoms with Crippen molar-refractivity contribution in [3.05, 3.63) is 35.1 Å². The first-order valence-corrected chi connectivity index (χ1v) is 6.45. The number of carboxylic acid groups (broad SMARTS) is 1. The molecule has 0 aromatic heterocycles. The largest absolute Gasteiger partial charge is 0.478 e. The molecule has 0 bridgehead atoms. The Morgan fingerprint density at radius 3 is 3.05 bits per heavy atom. The van der Waals surface area contributed by atoms with Crippen LogP contribution in [-0.4, -0.2) is 41.8 Å². The van der Waals surface area contributed by atoms with Crippen molar-refractivity contribution in [2.24, 2.45) is 0 Å². The van der Waals surface area contributed by atoms with Crippen molar-refractivity contribution >= 4 is 5.97 Å². The van der Waals surface area contributed by atoms with Gasteiger partial charge < -0.3 is 9.84 Å². The molecule has 2 rings (SSSR count). The zero-order valence-corrected chi connectivity index (χ0v) is 10.9.